The van der Waals surface area contributed by atoms with Crippen molar-refractivity contribution in [3.8, 4) is 0 Å². The van der Waals surface area contributed by atoms with Crippen LogP contribution in [0.2, 0.25) is 0 Å². The number of hydrogen-bond donors (Lipinski definition) is 5. The molecule has 0 aromatic rings. The van der Waals surface area contributed by atoms with Gasteiger partial charge in [-0.1, -0.05) is 166 Å². The van der Waals surface area contributed by atoms with Gasteiger partial charge in [-0.05, 0) is 83.6 Å². The molecule has 0 aromatic heterocycles. The highest BCUT2D eigenvalue weighted by atomic mass is 31.2. The Balaban J connectivity index is 0.000000768. The van der Waals surface area contributed by atoms with Gasteiger partial charge in [-0.2, -0.15) is 0 Å². The van der Waals surface area contributed by atoms with Gasteiger partial charge in [-0.3, -0.25) is 23.4 Å². The molecule has 0 bridgehead atoms. The smallest absolute Gasteiger partial charge is 0.472 e. The van der Waals surface area contributed by atoms with Crippen LogP contribution in [-0.4, -0.2) is 82.3 Å². The van der Waals surface area contributed by atoms with Crippen LogP contribution in [0.25, 0.3) is 0 Å². The maximum Gasteiger partial charge on any atom is 0.472 e. The summed E-state index contributed by atoms with van der Waals surface area (Å²) in [5, 5.41) is 28.7. The molecule has 0 amide bonds. The zero-order chi connectivity index (χ0) is 51.0. The van der Waals surface area contributed by atoms with E-state index in [2.05, 4.69) is 163 Å². The van der Waals surface area contributed by atoms with E-state index >= 15 is 0 Å². The molecule has 2 aliphatic rings. The lowest BCUT2D eigenvalue weighted by Gasteiger charge is -2.38. The first-order chi connectivity index (χ1) is 31.2. The molecular formula is C53H80NO12P. The van der Waals surface area contributed by atoms with Crippen LogP contribution in [0.15, 0.2) is 130 Å². The summed E-state index contributed by atoms with van der Waals surface area (Å²) in [6, 6.07) is -1.51. The number of carboxylic acids is 1. The van der Waals surface area contributed by atoms with Crippen molar-refractivity contribution in [3.05, 3.63) is 130 Å². The number of carboxylic acid groups (broad SMARTS) is 1. The molecule has 0 saturated carbocycles. The summed E-state index contributed by atoms with van der Waals surface area (Å²) in [4.78, 5) is 42.7. The molecule has 67 heavy (non-hydrogen) atoms. The summed E-state index contributed by atoms with van der Waals surface area (Å²) in [5.74, 6) is -2.21. The van der Waals surface area contributed by atoms with Crippen LogP contribution in [0.3, 0.4) is 0 Å². The number of phosphoric acid groups is 1. The van der Waals surface area contributed by atoms with E-state index in [-0.39, 0.29) is 42.5 Å². The number of allylic oxidation sites excluding steroid dienone is 20. The average Bonchev–Trinajstić information content (AvgIpc) is 3.21. The number of aliphatic carboxylic acids is 1. The summed E-state index contributed by atoms with van der Waals surface area (Å²) in [6.07, 6.45) is 33.4. The number of carbonyl (C=O) groups excluding carboxylic acids is 2. The Morgan fingerprint density at radius 3 is 1.87 bits per heavy atom. The van der Waals surface area contributed by atoms with Gasteiger partial charge >= 0.3 is 25.7 Å². The molecule has 13 nitrogen and oxygen atoms in total. The van der Waals surface area contributed by atoms with Crippen LogP contribution in [0.5, 0.6) is 0 Å². The van der Waals surface area contributed by atoms with Gasteiger partial charge in [0.05, 0.1) is 25.4 Å². The van der Waals surface area contributed by atoms with E-state index in [1.165, 1.54) is 39.0 Å². The van der Waals surface area contributed by atoms with Gasteiger partial charge in [-0.25, -0.2) is 4.57 Å². The molecule has 1 unspecified atom stereocenters. The maximum absolute atomic E-state index is 11.7. The lowest BCUT2D eigenvalue weighted by atomic mass is 9.67. The van der Waals surface area contributed by atoms with Crippen molar-refractivity contribution in [2.75, 3.05) is 19.8 Å². The van der Waals surface area contributed by atoms with E-state index in [1.54, 1.807) is 13.8 Å². The zero-order valence-corrected chi connectivity index (χ0v) is 42.9. The number of phosphoric ester groups is 1. The van der Waals surface area contributed by atoms with Crippen LogP contribution in [0.1, 0.15) is 122 Å². The average molecular weight is 954 g/mol. The molecule has 6 atom stereocenters. The molecule has 0 fully saturated rings. The number of nitrogens with two attached hydrogens (primary N) is 1. The van der Waals surface area contributed by atoms with Crippen molar-refractivity contribution in [1.29, 1.82) is 0 Å². The summed E-state index contributed by atoms with van der Waals surface area (Å²) >= 11 is 0. The Morgan fingerprint density at radius 2 is 1.34 bits per heavy atom. The van der Waals surface area contributed by atoms with Crippen molar-refractivity contribution in [2.45, 2.75) is 146 Å². The molecule has 0 spiro atoms. The monoisotopic (exact) mass is 954 g/mol. The standard InChI is InChI=1S/C40H56O2.C13H24NO10P/c1-29(17-13-19-31(3)21-23-37-33(5)25-35(41)27-39(37,7)8)15-11-12-16-30(2)18-14-20-32(4)22-24-38-34(6)26-36(42)28-40(38,9)10;1-3-5-12(16)24-9(6-21-11(15)4-2)7-22-25(19,20)23-8-10(14)13(17)18/h11-25,35-37,41-42H,26-28H2,1-10H3;9-10H,3-8,14H2,1-2H3,(H,17,18)(H,19,20)/b12-11+,17-13+,18-14+,23-21+,24-22+,29-15+,30-16+,31-19+,32-20+;/t35-,36+,37-;9-,10+/m01/s1. The number of carbonyl (C=O) groups is 3. The number of rotatable bonds is 23. The van der Waals surface area contributed by atoms with Gasteiger partial charge in [0.2, 0.25) is 0 Å². The van der Waals surface area contributed by atoms with E-state index in [4.69, 9.17) is 20.3 Å². The minimum Gasteiger partial charge on any atom is -0.480 e. The molecular weight excluding hydrogens is 874 g/mol. The van der Waals surface area contributed by atoms with E-state index in [9.17, 15) is 34.1 Å². The normalized spacial score (nSPS) is 22.5. The largest absolute Gasteiger partial charge is 0.480 e. The Morgan fingerprint density at radius 1 is 0.806 bits per heavy atom. The van der Waals surface area contributed by atoms with Crippen LogP contribution in [0.4, 0.5) is 0 Å². The highest BCUT2D eigenvalue weighted by Crippen LogP contribution is 2.44. The fourth-order valence-electron chi connectivity index (χ4n) is 7.46. The highest BCUT2D eigenvalue weighted by molar-refractivity contribution is 7.47. The van der Waals surface area contributed by atoms with Crippen LogP contribution < -0.4 is 5.73 Å². The first kappa shape index (κ1) is 60.6. The van der Waals surface area contributed by atoms with Crippen molar-refractivity contribution in [2.24, 2.45) is 22.5 Å². The van der Waals surface area contributed by atoms with Crippen molar-refractivity contribution < 1.29 is 57.7 Å². The number of ether oxygens (including phenoxy) is 2. The fraction of sp³-hybridized carbons (Fsp3) is 0.528. The number of hydrogen-bond acceptors (Lipinski definition) is 11. The first-order valence-corrected chi connectivity index (χ1v) is 24.5. The Hall–Kier alpha value is -4.46. The molecule has 2 rings (SSSR count). The second-order valence-electron chi connectivity index (χ2n) is 18.6. The van der Waals surface area contributed by atoms with Crippen LogP contribution in [0, 0.1) is 16.7 Å². The van der Waals surface area contributed by atoms with Gasteiger partial charge < -0.3 is 35.4 Å². The summed E-state index contributed by atoms with van der Waals surface area (Å²) in [7, 11) is -4.63. The third-order valence-electron chi connectivity index (χ3n) is 11.0. The molecule has 0 radical (unpaired) electrons. The predicted molar refractivity (Wildman–Crippen MR) is 267 cm³/mol. The lowest BCUT2D eigenvalue weighted by molar-refractivity contribution is -0.161. The van der Waals surface area contributed by atoms with Gasteiger partial charge in [-0.15, -0.1) is 0 Å². The number of aliphatic hydroxyl groups is 2. The minimum absolute atomic E-state index is 0.00528. The predicted octanol–water partition coefficient (Wildman–Crippen LogP) is 10.6. The minimum atomic E-state index is -4.63. The summed E-state index contributed by atoms with van der Waals surface area (Å²) in [6.45, 7) is 23.2. The molecule has 0 heterocycles. The van der Waals surface area contributed by atoms with E-state index in [0.29, 0.717) is 12.3 Å². The molecule has 0 aromatic carbocycles. The molecule has 0 saturated heterocycles. The Kier molecular flexibility index (Phi) is 27.2. The van der Waals surface area contributed by atoms with Crippen molar-refractivity contribution in [3.63, 3.8) is 0 Å². The van der Waals surface area contributed by atoms with E-state index in [1.807, 2.05) is 6.08 Å². The van der Waals surface area contributed by atoms with Gasteiger partial charge in [0.1, 0.15) is 12.6 Å². The maximum atomic E-state index is 11.7. The topological polar surface area (TPSA) is 212 Å². The number of esters is 2. The summed E-state index contributed by atoms with van der Waals surface area (Å²) in [5.41, 5.74) is 13.9. The van der Waals surface area contributed by atoms with Crippen LogP contribution >= 0.6 is 7.82 Å². The van der Waals surface area contributed by atoms with E-state index in [0.717, 1.165) is 19.3 Å². The fourth-order valence-corrected chi connectivity index (χ4v) is 8.24. The third kappa shape index (κ3) is 25.5. The third-order valence-corrected chi connectivity index (χ3v) is 11.9. The lowest BCUT2D eigenvalue weighted by Crippen LogP contribution is -2.34. The zero-order valence-electron chi connectivity index (χ0n) is 42.0. The van der Waals surface area contributed by atoms with E-state index < -0.39 is 51.1 Å². The van der Waals surface area contributed by atoms with Crippen molar-refractivity contribution >= 4 is 25.7 Å². The summed E-state index contributed by atoms with van der Waals surface area (Å²) < 4.78 is 30.6. The van der Waals surface area contributed by atoms with Crippen LogP contribution in [-0.2, 0) is 37.5 Å². The Labute approximate surface area is 400 Å². The van der Waals surface area contributed by atoms with Gasteiger partial charge in [0.25, 0.3) is 0 Å². The molecule has 0 aliphatic heterocycles. The number of aliphatic hydroxyl groups excluding tert-OH is 2. The SMILES string of the molecule is CC1=C[C@H](O)CC(C)(C)[C@H]1/C=C/C(C)=C/C=C/C(C)=C/C=C/C=C(C)/C=C/C=C(C)/C=C/C1=C(C)C[C@@H](O)CC1(C)C.CCCC(=O)O[C@H](COC(=O)CC)COP(=O)(O)OC[C@H](N)C(=O)O. The quantitative estimate of drug-likeness (QED) is 0.0280. The van der Waals surface area contributed by atoms with Gasteiger partial charge in [0.15, 0.2) is 6.10 Å². The highest BCUT2D eigenvalue weighted by Gasteiger charge is 2.35. The molecule has 374 valence electrons. The Bertz CT molecular complexity index is 2040. The second-order valence-corrected chi connectivity index (χ2v) is 20.1. The second kappa shape index (κ2) is 30.1. The molecule has 2 aliphatic carbocycles. The molecule has 6 N–H and O–H groups in total. The van der Waals surface area contributed by atoms with Gasteiger partial charge in [0, 0.05) is 18.8 Å². The first-order valence-electron chi connectivity index (χ1n) is 23.0. The molecule has 14 heteroatoms. The van der Waals surface area contributed by atoms with Crippen molar-refractivity contribution in [1.82, 2.24) is 0 Å².